The summed E-state index contributed by atoms with van der Waals surface area (Å²) in [5.74, 6) is 0.144. The van der Waals surface area contributed by atoms with Crippen molar-refractivity contribution >= 4 is 5.91 Å². The van der Waals surface area contributed by atoms with Crippen LogP contribution in [-0.2, 0) is 6.42 Å². The average Bonchev–Trinajstić information content (AvgIpc) is 2.34. The first kappa shape index (κ1) is 12.8. The van der Waals surface area contributed by atoms with E-state index in [1.54, 1.807) is 0 Å². The SMILES string of the molecule is CCCCN(C)C(=O)c1ccccc1CC. The maximum Gasteiger partial charge on any atom is 0.253 e. The molecular formula is C14H21NO. The van der Waals surface area contributed by atoms with E-state index >= 15 is 0 Å². The topological polar surface area (TPSA) is 20.3 Å². The Kier molecular flexibility index (Phi) is 5.03. The minimum atomic E-state index is 0.144. The summed E-state index contributed by atoms with van der Waals surface area (Å²) >= 11 is 0. The Morgan fingerprint density at radius 1 is 1.25 bits per heavy atom. The number of unbranched alkanes of at least 4 members (excludes halogenated alkanes) is 1. The van der Waals surface area contributed by atoms with Crippen molar-refractivity contribution in [3.8, 4) is 0 Å². The van der Waals surface area contributed by atoms with Gasteiger partial charge in [-0.15, -0.1) is 0 Å². The van der Waals surface area contributed by atoms with Crippen LogP contribution in [0.25, 0.3) is 0 Å². The van der Waals surface area contributed by atoms with Gasteiger partial charge in [0.1, 0.15) is 0 Å². The Morgan fingerprint density at radius 3 is 2.56 bits per heavy atom. The summed E-state index contributed by atoms with van der Waals surface area (Å²) in [6.45, 7) is 5.06. The van der Waals surface area contributed by atoms with Crippen LogP contribution in [0.15, 0.2) is 24.3 Å². The van der Waals surface area contributed by atoms with Crippen LogP contribution in [0.2, 0.25) is 0 Å². The van der Waals surface area contributed by atoms with Gasteiger partial charge in [-0.05, 0) is 24.5 Å². The highest BCUT2D eigenvalue weighted by molar-refractivity contribution is 5.95. The van der Waals surface area contributed by atoms with E-state index in [1.807, 2.05) is 36.2 Å². The third kappa shape index (κ3) is 3.09. The Hall–Kier alpha value is -1.31. The van der Waals surface area contributed by atoms with E-state index in [4.69, 9.17) is 0 Å². The molecule has 2 heteroatoms. The molecule has 0 heterocycles. The molecule has 1 aromatic carbocycles. The largest absolute Gasteiger partial charge is 0.342 e. The first-order valence-corrected chi connectivity index (χ1v) is 6.04. The lowest BCUT2D eigenvalue weighted by Gasteiger charge is -2.18. The molecule has 1 aromatic rings. The number of carbonyl (C=O) groups excluding carboxylic acids is 1. The zero-order valence-electron chi connectivity index (χ0n) is 10.5. The van der Waals surface area contributed by atoms with Gasteiger partial charge in [-0.3, -0.25) is 4.79 Å². The molecule has 0 spiro atoms. The van der Waals surface area contributed by atoms with Crippen LogP contribution in [-0.4, -0.2) is 24.4 Å². The van der Waals surface area contributed by atoms with Crippen molar-refractivity contribution in [2.24, 2.45) is 0 Å². The van der Waals surface area contributed by atoms with E-state index in [2.05, 4.69) is 13.8 Å². The summed E-state index contributed by atoms with van der Waals surface area (Å²) in [6, 6.07) is 7.87. The summed E-state index contributed by atoms with van der Waals surface area (Å²) in [5, 5.41) is 0. The summed E-state index contributed by atoms with van der Waals surface area (Å²) < 4.78 is 0. The Morgan fingerprint density at radius 2 is 1.94 bits per heavy atom. The molecule has 1 rings (SSSR count). The quantitative estimate of drug-likeness (QED) is 0.745. The first-order chi connectivity index (χ1) is 7.70. The number of carbonyl (C=O) groups is 1. The van der Waals surface area contributed by atoms with E-state index in [0.29, 0.717) is 0 Å². The second-order valence-corrected chi connectivity index (χ2v) is 4.09. The molecule has 16 heavy (non-hydrogen) atoms. The Bertz CT molecular complexity index is 346. The van der Waals surface area contributed by atoms with Crippen molar-refractivity contribution in [2.75, 3.05) is 13.6 Å². The highest BCUT2D eigenvalue weighted by Crippen LogP contribution is 2.12. The first-order valence-electron chi connectivity index (χ1n) is 6.04. The summed E-state index contributed by atoms with van der Waals surface area (Å²) in [7, 11) is 1.88. The maximum atomic E-state index is 12.2. The van der Waals surface area contributed by atoms with Gasteiger partial charge in [-0.2, -0.15) is 0 Å². The zero-order chi connectivity index (χ0) is 12.0. The van der Waals surface area contributed by atoms with Gasteiger partial charge in [-0.25, -0.2) is 0 Å². The molecule has 0 aliphatic rings. The molecule has 0 aliphatic heterocycles. The van der Waals surface area contributed by atoms with Crippen LogP contribution in [0.4, 0.5) is 0 Å². The number of aryl methyl sites for hydroxylation is 1. The molecule has 0 saturated heterocycles. The van der Waals surface area contributed by atoms with Crippen LogP contribution in [0, 0.1) is 0 Å². The molecular weight excluding hydrogens is 198 g/mol. The van der Waals surface area contributed by atoms with E-state index in [1.165, 1.54) is 0 Å². The summed E-state index contributed by atoms with van der Waals surface area (Å²) in [6.07, 6.45) is 3.09. The maximum absolute atomic E-state index is 12.2. The predicted molar refractivity (Wildman–Crippen MR) is 67.7 cm³/mol. The highest BCUT2D eigenvalue weighted by Gasteiger charge is 2.13. The van der Waals surface area contributed by atoms with Gasteiger partial charge in [0.05, 0.1) is 0 Å². The summed E-state index contributed by atoms with van der Waals surface area (Å²) in [5.41, 5.74) is 1.99. The number of hydrogen-bond donors (Lipinski definition) is 0. The molecule has 1 amide bonds. The third-order valence-electron chi connectivity index (χ3n) is 2.82. The molecule has 0 fully saturated rings. The van der Waals surface area contributed by atoms with Crippen LogP contribution < -0.4 is 0 Å². The minimum absolute atomic E-state index is 0.144. The van der Waals surface area contributed by atoms with Crippen LogP contribution in [0.5, 0.6) is 0 Å². The van der Waals surface area contributed by atoms with Gasteiger partial charge in [0.15, 0.2) is 0 Å². The van der Waals surface area contributed by atoms with Crippen molar-refractivity contribution in [3.63, 3.8) is 0 Å². The van der Waals surface area contributed by atoms with Gasteiger partial charge in [0, 0.05) is 19.2 Å². The van der Waals surface area contributed by atoms with Crippen LogP contribution in [0.1, 0.15) is 42.6 Å². The van der Waals surface area contributed by atoms with Gasteiger partial charge in [-0.1, -0.05) is 38.5 Å². The molecule has 0 radical (unpaired) electrons. The lowest BCUT2D eigenvalue weighted by Crippen LogP contribution is -2.28. The van der Waals surface area contributed by atoms with E-state index in [9.17, 15) is 4.79 Å². The second-order valence-electron chi connectivity index (χ2n) is 4.09. The highest BCUT2D eigenvalue weighted by atomic mass is 16.2. The monoisotopic (exact) mass is 219 g/mol. The standard InChI is InChI=1S/C14H21NO/c1-4-6-11-15(3)14(16)13-10-8-7-9-12(13)5-2/h7-10H,4-6,11H2,1-3H3. The number of nitrogens with zero attached hydrogens (tertiary/aromatic N) is 1. The lowest BCUT2D eigenvalue weighted by atomic mass is 10.0. The lowest BCUT2D eigenvalue weighted by molar-refractivity contribution is 0.0792. The predicted octanol–water partition coefficient (Wildman–Crippen LogP) is 3.12. The van der Waals surface area contributed by atoms with E-state index in [-0.39, 0.29) is 5.91 Å². The van der Waals surface area contributed by atoms with Crippen molar-refractivity contribution in [2.45, 2.75) is 33.1 Å². The fourth-order valence-electron chi connectivity index (χ4n) is 1.74. The second kappa shape index (κ2) is 6.31. The fourth-order valence-corrected chi connectivity index (χ4v) is 1.74. The number of benzene rings is 1. The Labute approximate surface area is 98.3 Å². The molecule has 0 unspecified atom stereocenters. The smallest absolute Gasteiger partial charge is 0.253 e. The van der Waals surface area contributed by atoms with E-state index in [0.717, 1.165) is 36.9 Å². The normalized spacial score (nSPS) is 10.2. The van der Waals surface area contributed by atoms with E-state index < -0.39 is 0 Å². The number of hydrogen-bond acceptors (Lipinski definition) is 1. The average molecular weight is 219 g/mol. The van der Waals surface area contributed by atoms with Gasteiger partial charge >= 0.3 is 0 Å². The van der Waals surface area contributed by atoms with Crippen LogP contribution in [0.3, 0.4) is 0 Å². The Balaban J connectivity index is 2.79. The molecule has 0 aromatic heterocycles. The van der Waals surface area contributed by atoms with Crippen molar-refractivity contribution in [3.05, 3.63) is 35.4 Å². The van der Waals surface area contributed by atoms with Crippen molar-refractivity contribution < 1.29 is 4.79 Å². The third-order valence-corrected chi connectivity index (χ3v) is 2.82. The molecule has 0 aliphatic carbocycles. The van der Waals surface area contributed by atoms with Crippen LogP contribution >= 0.6 is 0 Å². The van der Waals surface area contributed by atoms with Gasteiger partial charge in [0.2, 0.25) is 0 Å². The molecule has 0 saturated carbocycles. The summed E-state index contributed by atoms with van der Waals surface area (Å²) in [4.78, 5) is 14.0. The minimum Gasteiger partial charge on any atom is -0.342 e. The molecule has 0 N–H and O–H groups in total. The number of rotatable bonds is 5. The number of amides is 1. The van der Waals surface area contributed by atoms with Crippen molar-refractivity contribution in [1.29, 1.82) is 0 Å². The fraction of sp³-hybridized carbons (Fsp3) is 0.500. The van der Waals surface area contributed by atoms with Gasteiger partial charge < -0.3 is 4.90 Å². The molecule has 2 nitrogen and oxygen atoms in total. The molecule has 0 atom stereocenters. The molecule has 88 valence electrons. The zero-order valence-corrected chi connectivity index (χ0v) is 10.5. The van der Waals surface area contributed by atoms with Gasteiger partial charge in [0.25, 0.3) is 5.91 Å². The molecule has 0 bridgehead atoms. The van der Waals surface area contributed by atoms with Crippen molar-refractivity contribution in [1.82, 2.24) is 4.90 Å².